The topological polar surface area (TPSA) is 93.7 Å². The van der Waals surface area contributed by atoms with Gasteiger partial charge < -0.3 is 20.1 Å². The molecule has 0 unspecified atom stereocenters. The van der Waals surface area contributed by atoms with Gasteiger partial charge in [-0.1, -0.05) is 13.5 Å². The zero-order valence-electron chi connectivity index (χ0n) is 12.4. The van der Waals surface area contributed by atoms with Gasteiger partial charge in [0.05, 0.1) is 12.8 Å². The predicted molar refractivity (Wildman–Crippen MR) is 77.3 cm³/mol. The summed E-state index contributed by atoms with van der Waals surface area (Å²) in [7, 11) is 0. The van der Waals surface area contributed by atoms with Crippen LogP contribution >= 0.6 is 0 Å². The number of carbonyl (C=O) groups excluding carboxylic acids is 3. The van der Waals surface area contributed by atoms with E-state index in [0.29, 0.717) is 5.57 Å². The standard InChI is InChI=1S/C14H22N2O5/c1-4-5-9-21-14(19)16-7-6-12(17)15-8-10-20-13(18)11(2)3/h5,9H,2,4,6-8,10H2,1,3H3,(H,15,17)(H,16,19)/b9-5+. The molecule has 0 aromatic rings. The first-order valence-electron chi connectivity index (χ1n) is 6.66. The van der Waals surface area contributed by atoms with Crippen molar-refractivity contribution < 1.29 is 23.9 Å². The molecule has 0 saturated carbocycles. The van der Waals surface area contributed by atoms with Gasteiger partial charge in [-0.15, -0.1) is 0 Å². The SMILES string of the molecule is C=C(C)C(=O)OCCNC(=O)CCNC(=O)O/C=C/CC. The Labute approximate surface area is 124 Å². The lowest BCUT2D eigenvalue weighted by Crippen LogP contribution is -2.32. The normalized spacial score (nSPS) is 10.0. The number of amides is 2. The maximum atomic E-state index is 11.4. The minimum Gasteiger partial charge on any atom is -0.460 e. The minimum atomic E-state index is -0.608. The molecule has 0 atom stereocenters. The van der Waals surface area contributed by atoms with Crippen molar-refractivity contribution in [2.45, 2.75) is 26.7 Å². The molecule has 0 aliphatic heterocycles. The summed E-state index contributed by atoms with van der Waals surface area (Å²) in [5.74, 6) is -0.750. The molecule has 0 rings (SSSR count). The predicted octanol–water partition coefficient (Wildman–Crippen LogP) is 1.26. The van der Waals surface area contributed by atoms with Crippen LogP contribution in [-0.4, -0.2) is 37.7 Å². The number of hydrogen-bond donors (Lipinski definition) is 2. The van der Waals surface area contributed by atoms with Crippen LogP contribution < -0.4 is 10.6 Å². The molecule has 0 aliphatic rings. The molecule has 0 heterocycles. The van der Waals surface area contributed by atoms with Crippen molar-refractivity contribution in [2.24, 2.45) is 0 Å². The Kier molecular flexibility index (Phi) is 10.2. The minimum absolute atomic E-state index is 0.0781. The number of esters is 1. The summed E-state index contributed by atoms with van der Waals surface area (Å²) < 4.78 is 9.48. The molecule has 0 aromatic heterocycles. The number of ether oxygens (including phenoxy) is 2. The van der Waals surface area contributed by atoms with E-state index in [4.69, 9.17) is 4.74 Å². The molecule has 0 saturated heterocycles. The summed E-state index contributed by atoms with van der Waals surface area (Å²) in [6.45, 7) is 7.34. The molecule has 2 N–H and O–H groups in total. The Balaban J connectivity index is 3.59. The van der Waals surface area contributed by atoms with Crippen molar-refractivity contribution in [2.75, 3.05) is 19.7 Å². The van der Waals surface area contributed by atoms with Crippen molar-refractivity contribution in [3.05, 3.63) is 24.5 Å². The van der Waals surface area contributed by atoms with Gasteiger partial charge >= 0.3 is 12.1 Å². The summed E-state index contributed by atoms with van der Waals surface area (Å²) in [5.41, 5.74) is 0.307. The first-order valence-corrected chi connectivity index (χ1v) is 6.66. The Morgan fingerprint density at radius 2 is 1.90 bits per heavy atom. The third-order valence-electron chi connectivity index (χ3n) is 2.13. The van der Waals surface area contributed by atoms with E-state index in [1.807, 2.05) is 6.92 Å². The quantitative estimate of drug-likeness (QED) is 0.289. The summed E-state index contributed by atoms with van der Waals surface area (Å²) in [6, 6.07) is 0. The smallest absolute Gasteiger partial charge is 0.412 e. The van der Waals surface area contributed by atoms with Crippen LogP contribution in [0.3, 0.4) is 0 Å². The van der Waals surface area contributed by atoms with Gasteiger partial charge in [-0.05, 0) is 19.4 Å². The number of rotatable bonds is 9. The molecular formula is C14H22N2O5. The van der Waals surface area contributed by atoms with Gasteiger partial charge in [0.1, 0.15) is 6.61 Å². The zero-order chi connectivity index (χ0) is 16.1. The van der Waals surface area contributed by atoms with E-state index in [1.165, 1.54) is 6.26 Å². The number of carbonyl (C=O) groups is 3. The number of nitrogens with one attached hydrogen (secondary N) is 2. The van der Waals surface area contributed by atoms with E-state index in [-0.39, 0.29) is 32.0 Å². The molecule has 2 amide bonds. The molecule has 118 valence electrons. The summed E-state index contributed by atoms with van der Waals surface area (Å²) >= 11 is 0. The molecule has 21 heavy (non-hydrogen) atoms. The van der Waals surface area contributed by atoms with Crippen LogP contribution in [0.5, 0.6) is 0 Å². The maximum Gasteiger partial charge on any atom is 0.412 e. The van der Waals surface area contributed by atoms with Crippen LogP contribution in [0.25, 0.3) is 0 Å². The van der Waals surface area contributed by atoms with E-state index in [9.17, 15) is 14.4 Å². The average molecular weight is 298 g/mol. The fourth-order valence-corrected chi connectivity index (χ4v) is 1.07. The molecule has 7 nitrogen and oxygen atoms in total. The van der Waals surface area contributed by atoms with Crippen LogP contribution in [0.15, 0.2) is 24.5 Å². The zero-order valence-corrected chi connectivity index (χ0v) is 12.4. The van der Waals surface area contributed by atoms with Crippen molar-refractivity contribution in [1.29, 1.82) is 0 Å². The van der Waals surface area contributed by atoms with E-state index in [2.05, 4.69) is 21.9 Å². The van der Waals surface area contributed by atoms with Crippen LogP contribution in [0.1, 0.15) is 26.7 Å². The van der Waals surface area contributed by atoms with Crippen molar-refractivity contribution in [1.82, 2.24) is 10.6 Å². The molecule has 0 fully saturated rings. The highest BCUT2D eigenvalue weighted by Crippen LogP contribution is 1.90. The molecule has 0 bridgehead atoms. The Morgan fingerprint density at radius 1 is 1.19 bits per heavy atom. The van der Waals surface area contributed by atoms with Gasteiger partial charge in [-0.2, -0.15) is 0 Å². The summed E-state index contributed by atoms with van der Waals surface area (Å²) in [6.07, 6.45) is 3.26. The largest absolute Gasteiger partial charge is 0.460 e. The van der Waals surface area contributed by atoms with Crippen molar-refractivity contribution in [3.8, 4) is 0 Å². The lowest BCUT2D eigenvalue weighted by Gasteiger charge is -2.07. The van der Waals surface area contributed by atoms with E-state index < -0.39 is 12.1 Å². The Hall–Kier alpha value is -2.31. The fraction of sp³-hybridized carbons (Fsp3) is 0.500. The van der Waals surface area contributed by atoms with Gasteiger partial charge in [0, 0.05) is 18.5 Å². The lowest BCUT2D eigenvalue weighted by atomic mass is 10.4. The average Bonchev–Trinajstić information content (AvgIpc) is 2.43. The summed E-state index contributed by atoms with van der Waals surface area (Å²) in [4.78, 5) is 33.5. The highest BCUT2D eigenvalue weighted by molar-refractivity contribution is 5.86. The van der Waals surface area contributed by atoms with E-state index >= 15 is 0 Å². The van der Waals surface area contributed by atoms with Gasteiger partial charge in [-0.25, -0.2) is 9.59 Å². The molecule has 0 aliphatic carbocycles. The second-order valence-electron chi connectivity index (χ2n) is 4.13. The van der Waals surface area contributed by atoms with Crippen LogP contribution in [0.2, 0.25) is 0 Å². The highest BCUT2D eigenvalue weighted by Gasteiger charge is 2.05. The van der Waals surface area contributed by atoms with E-state index in [1.54, 1.807) is 13.0 Å². The van der Waals surface area contributed by atoms with Crippen LogP contribution in [0, 0.1) is 0 Å². The van der Waals surface area contributed by atoms with Gasteiger partial charge in [0.2, 0.25) is 5.91 Å². The second-order valence-corrected chi connectivity index (χ2v) is 4.13. The Morgan fingerprint density at radius 3 is 2.52 bits per heavy atom. The first-order chi connectivity index (χ1) is 9.97. The molecular weight excluding hydrogens is 276 g/mol. The maximum absolute atomic E-state index is 11.4. The third kappa shape index (κ3) is 11.2. The second kappa shape index (κ2) is 11.5. The van der Waals surface area contributed by atoms with Crippen molar-refractivity contribution in [3.63, 3.8) is 0 Å². The first kappa shape index (κ1) is 18.7. The third-order valence-corrected chi connectivity index (χ3v) is 2.13. The molecule has 7 heteroatoms. The lowest BCUT2D eigenvalue weighted by molar-refractivity contribution is -0.139. The molecule has 0 aromatic carbocycles. The van der Waals surface area contributed by atoms with E-state index in [0.717, 1.165) is 6.42 Å². The van der Waals surface area contributed by atoms with Crippen molar-refractivity contribution >= 4 is 18.0 Å². The molecule has 0 radical (unpaired) electrons. The highest BCUT2D eigenvalue weighted by atomic mass is 16.5. The van der Waals surface area contributed by atoms with Crippen LogP contribution in [0.4, 0.5) is 4.79 Å². The fourth-order valence-electron chi connectivity index (χ4n) is 1.07. The van der Waals surface area contributed by atoms with Gasteiger partial charge in [-0.3, -0.25) is 4.79 Å². The summed E-state index contributed by atoms with van der Waals surface area (Å²) in [5, 5.41) is 4.98. The van der Waals surface area contributed by atoms with Gasteiger partial charge in [0.25, 0.3) is 0 Å². The number of allylic oxidation sites excluding steroid dienone is 1. The Bertz CT molecular complexity index is 404. The monoisotopic (exact) mass is 298 g/mol. The molecule has 0 spiro atoms. The van der Waals surface area contributed by atoms with Gasteiger partial charge in [0.15, 0.2) is 0 Å². The number of alkyl carbamates (subject to hydrolysis) is 1. The van der Waals surface area contributed by atoms with Crippen LogP contribution in [-0.2, 0) is 19.1 Å². The number of hydrogen-bond acceptors (Lipinski definition) is 5.